The summed E-state index contributed by atoms with van der Waals surface area (Å²) < 4.78 is 1.17. The van der Waals surface area contributed by atoms with E-state index in [0.717, 1.165) is 34.7 Å². The number of nitrogens with one attached hydrogen (secondary N) is 1. The van der Waals surface area contributed by atoms with Gasteiger partial charge in [0.2, 0.25) is 0 Å². The molecule has 0 saturated heterocycles. The van der Waals surface area contributed by atoms with Crippen molar-refractivity contribution in [1.82, 2.24) is 4.98 Å². The Morgan fingerprint density at radius 2 is 2.30 bits per heavy atom. The Morgan fingerprint density at radius 3 is 3.15 bits per heavy atom. The first-order valence-electron chi connectivity index (χ1n) is 7.60. The van der Waals surface area contributed by atoms with Crippen molar-refractivity contribution in [2.75, 3.05) is 17.6 Å². The van der Waals surface area contributed by atoms with Gasteiger partial charge in [-0.1, -0.05) is 37.5 Å². The van der Waals surface area contributed by atoms with Crippen molar-refractivity contribution < 1.29 is 0 Å². The lowest BCUT2D eigenvalue weighted by molar-refractivity contribution is 0.274. The van der Waals surface area contributed by atoms with Crippen LogP contribution < -0.4 is 11.1 Å². The van der Waals surface area contributed by atoms with E-state index in [0.29, 0.717) is 0 Å². The summed E-state index contributed by atoms with van der Waals surface area (Å²) in [7, 11) is 0. The number of anilines is 2. The molecule has 3 nitrogen and oxygen atoms in total. The molecule has 3 N–H and O–H groups in total. The number of nitrogens with zero attached hydrogens (tertiary/aromatic N) is 1. The molecule has 1 aliphatic rings. The van der Waals surface area contributed by atoms with Crippen molar-refractivity contribution >= 4 is 32.4 Å². The number of hydrogen-bond acceptors (Lipinski definition) is 4. The van der Waals surface area contributed by atoms with E-state index in [1.165, 1.54) is 36.8 Å². The van der Waals surface area contributed by atoms with Crippen LogP contribution in [0.5, 0.6) is 0 Å². The summed E-state index contributed by atoms with van der Waals surface area (Å²) in [4.78, 5) is 4.60. The number of nitrogens with two attached hydrogens (primary N) is 1. The summed E-state index contributed by atoms with van der Waals surface area (Å²) in [6.45, 7) is 3.42. The normalized spacial score (nSPS) is 23.1. The average Bonchev–Trinajstić information content (AvgIpc) is 2.80. The van der Waals surface area contributed by atoms with Gasteiger partial charge in [0, 0.05) is 12.2 Å². The van der Waals surface area contributed by atoms with E-state index in [-0.39, 0.29) is 0 Å². The lowest BCUT2D eigenvalue weighted by Crippen LogP contribution is -2.16. The maximum atomic E-state index is 5.80. The minimum Gasteiger partial charge on any atom is -0.399 e. The number of benzene rings is 1. The van der Waals surface area contributed by atoms with Crippen LogP contribution in [-0.4, -0.2) is 11.5 Å². The fourth-order valence-corrected chi connectivity index (χ4v) is 4.16. The van der Waals surface area contributed by atoms with E-state index in [9.17, 15) is 0 Å². The van der Waals surface area contributed by atoms with E-state index in [2.05, 4.69) is 17.2 Å². The van der Waals surface area contributed by atoms with E-state index < -0.39 is 0 Å². The molecular weight excluding hydrogens is 266 g/mol. The smallest absolute Gasteiger partial charge is 0.183 e. The van der Waals surface area contributed by atoms with Crippen LogP contribution in [0.2, 0.25) is 0 Å². The van der Waals surface area contributed by atoms with Gasteiger partial charge in [-0.05, 0) is 42.9 Å². The third-order valence-corrected chi connectivity index (χ3v) is 5.26. The van der Waals surface area contributed by atoms with Crippen molar-refractivity contribution in [2.24, 2.45) is 11.8 Å². The summed E-state index contributed by atoms with van der Waals surface area (Å²) in [5, 5.41) is 4.50. The van der Waals surface area contributed by atoms with E-state index in [1.807, 2.05) is 18.2 Å². The predicted molar refractivity (Wildman–Crippen MR) is 88.3 cm³/mol. The summed E-state index contributed by atoms with van der Waals surface area (Å²) in [6, 6.07) is 5.91. The highest BCUT2D eigenvalue weighted by atomic mass is 32.1. The van der Waals surface area contributed by atoms with Gasteiger partial charge in [-0.25, -0.2) is 4.98 Å². The zero-order valence-electron chi connectivity index (χ0n) is 12.1. The molecule has 20 heavy (non-hydrogen) atoms. The van der Waals surface area contributed by atoms with Crippen molar-refractivity contribution in [3.05, 3.63) is 18.2 Å². The van der Waals surface area contributed by atoms with Crippen LogP contribution in [0, 0.1) is 11.8 Å². The third kappa shape index (κ3) is 3.23. The highest BCUT2D eigenvalue weighted by molar-refractivity contribution is 7.22. The molecule has 108 valence electrons. The van der Waals surface area contributed by atoms with Crippen molar-refractivity contribution in [2.45, 2.75) is 39.0 Å². The lowest BCUT2D eigenvalue weighted by Gasteiger charge is -2.26. The van der Waals surface area contributed by atoms with Crippen molar-refractivity contribution in [3.8, 4) is 0 Å². The van der Waals surface area contributed by atoms with Crippen LogP contribution in [0.15, 0.2) is 18.2 Å². The highest BCUT2D eigenvalue weighted by Gasteiger charge is 2.18. The summed E-state index contributed by atoms with van der Waals surface area (Å²) in [5.41, 5.74) is 7.65. The second-order valence-electron chi connectivity index (χ2n) is 6.10. The standard InChI is InChI=1S/C16H23N3S/c1-11-3-2-4-12(9-11)7-8-18-16-19-14-6-5-13(17)10-15(14)20-16/h5-6,10-12H,2-4,7-9,17H2,1H3,(H,18,19). The Labute approximate surface area is 124 Å². The second kappa shape index (κ2) is 6.00. The molecule has 0 bridgehead atoms. The Bertz CT molecular complexity index is 578. The third-order valence-electron chi connectivity index (χ3n) is 4.29. The summed E-state index contributed by atoms with van der Waals surface area (Å²) in [5.74, 6) is 1.82. The van der Waals surface area contributed by atoms with Crippen LogP contribution in [0.25, 0.3) is 10.2 Å². The second-order valence-corrected chi connectivity index (χ2v) is 7.13. The van der Waals surface area contributed by atoms with E-state index >= 15 is 0 Å². The molecule has 0 aliphatic heterocycles. The number of aromatic nitrogens is 1. The molecule has 4 heteroatoms. The molecule has 2 aromatic rings. The summed E-state index contributed by atoms with van der Waals surface area (Å²) >= 11 is 1.70. The lowest BCUT2D eigenvalue weighted by atomic mass is 9.81. The van der Waals surface area contributed by atoms with Gasteiger partial charge in [0.05, 0.1) is 10.2 Å². The fourth-order valence-electron chi connectivity index (χ4n) is 3.22. The fraction of sp³-hybridized carbons (Fsp3) is 0.562. The van der Waals surface area contributed by atoms with Gasteiger partial charge in [0.15, 0.2) is 5.13 Å². The number of fused-ring (bicyclic) bond motifs is 1. The number of nitrogen functional groups attached to an aromatic ring is 1. The number of thiazole rings is 1. The molecular formula is C16H23N3S. The molecule has 1 aliphatic carbocycles. The van der Waals surface area contributed by atoms with Gasteiger partial charge in [-0.3, -0.25) is 0 Å². The molecule has 2 atom stereocenters. The van der Waals surface area contributed by atoms with Gasteiger partial charge >= 0.3 is 0 Å². The van der Waals surface area contributed by atoms with Crippen LogP contribution in [0.1, 0.15) is 39.0 Å². The van der Waals surface area contributed by atoms with Crippen molar-refractivity contribution in [3.63, 3.8) is 0 Å². The van der Waals surface area contributed by atoms with E-state index in [1.54, 1.807) is 11.3 Å². The van der Waals surface area contributed by atoms with Gasteiger partial charge in [-0.2, -0.15) is 0 Å². The first-order valence-corrected chi connectivity index (χ1v) is 8.42. The molecule has 1 fully saturated rings. The van der Waals surface area contributed by atoms with Crippen molar-refractivity contribution in [1.29, 1.82) is 0 Å². The maximum Gasteiger partial charge on any atom is 0.183 e. The number of rotatable bonds is 4. The molecule has 0 radical (unpaired) electrons. The van der Waals surface area contributed by atoms with Gasteiger partial charge in [0.25, 0.3) is 0 Å². The van der Waals surface area contributed by atoms with Crippen LogP contribution in [0.4, 0.5) is 10.8 Å². The topological polar surface area (TPSA) is 50.9 Å². The Hall–Kier alpha value is -1.29. The predicted octanol–water partition coefficient (Wildman–Crippen LogP) is 4.51. The van der Waals surface area contributed by atoms with Crippen LogP contribution in [-0.2, 0) is 0 Å². The minimum atomic E-state index is 0.809. The zero-order valence-corrected chi connectivity index (χ0v) is 12.9. The SMILES string of the molecule is CC1CCCC(CCNc2nc3ccc(N)cc3s2)C1. The molecule has 1 aromatic heterocycles. The first-order chi connectivity index (χ1) is 9.70. The first kappa shape index (κ1) is 13.7. The quantitative estimate of drug-likeness (QED) is 0.814. The molecule has 1 heterocycles. The minimum absolute atomic E-state index is 0.809. The molecule has 0 spiro atoms. The van der Waals surface area contributed by atoms with E-state index in [4.69, 9.17) is 5.73 Å². The Balaban J connectivity index is 1.54. The van der Waals surface area contributed by atoms with Crippen LogP contribution >= 0.6 is 11.3 Å². The Kier molecular flexibility index (Phi) is 4.10. The molecule has 1 aromatic carbocycles. The number of hydrogen-bond donors (Lipinski definition) is 2. The van der Waals surface area contributed by atoms with Gasteiger partial charge in [-0.15, -0.1) is 0 Å². The molecule has 0 amide bonds. The average molecular weight is 289 g/mol. The van der Waals surface area contributed by atoms with Gasteiger partial charge < -0.3 is 11.1 Å². The Morgan fingerprint density at radius 1 is 1.40 bits per heavy atom. The zero-order chi connectivity index (χ0) is 13.9. The molecule has 1 saturated carbocycles. The molecule has 2 unspecified atom stereocenters. The highest BCUT2D eigenvalue weighted by Crippen LogP contribution is 2.31. The maximum absolute atomic E-state index is 5.80. The van der Waals surface area contributed by atoms with Crippen LogP contribution in [0.3, 0.4) is 0 Å². The largest absolute Gasteiger partial charge is 0.399 e. The molecule has 3 rings (SSSR count). The van der Waals surface area contributed by atoms with Gasteiger partial charge in [0.1, 0.15) is 0 Å². The summed E-state index contributed by atoms with van der Waals surface area (Å²) in [6.07, 6.45) is 6.90. The monoisotopic (exact) mass is 289 g/mol.